The highest BCUT2D eigenvalue weighted by Crippen LogP contribution is 2.17. The topological polar surface area (TPSA) is 58.4 Å². The van der Waals surface area contributed by atoms with Gasteiger partial charge in [-0.3, -0.25) is 4.79 Å². The van der Waals surface area contributed by atoms with Gasteiger partial charge in [-0.15, -0.1) is 0 Å². The highest BCUT2D eigenvalue weighted by atomic mass is 19.1. The van der Waals surface area contributed by atoms with Gasteiger partial charge in [0.1, 0.15) is 17.3 Å². The second-order valence-corrected chi connectivity index (χ2v) is 5.01. The van der Waals surface area contributed by atoms with Gasteiger partial charge in [-0.1, -0.05) is 6.42 Å². The molecule has 1 aromatic carbocycles. The summed E-state index contributed by atoms with van der Waals surface area (Å²) in [6.45, 7) is 3.31. The Balaban J connectivity index is 1.85. The highest BCUT2D eigenvalue weighted by Gasteiger charge is 2.14. The predicted molar refractivity (Wildman–Crippen MR) is 73.4 cm³/mol. The van der Waals surface area contributed by atoms with E-state index in [2.05, 4.69) is 10.2 Å². The Bertz CT molecular complexity index is 464. The fourth-order valence-corrected chi connectivity index (χ4v) is 2.33. The third-order valence-electron chi connectivity index (χ3n) is 3.50. The zero-order valence-electron chi connectivity index (χ0n) is 11.3. The number of likely N-dealkylation sites (tertiary alicyclic amines) is 1. The fourth-order valence-electron chi connectivity index (χ4n) is 2.33. The summed E-state index contributed by atoms with van der Waals surface area (Å²) in [4.78, 5) is 14.1. The second kappa shape index (κ2) is 6.65. The minimum absolute atomic E-state index is 0.0483. The van der Waals surface area contributed by atoms with Crippen molar-refractivity contribution in [2.24, 2.45) is 0 Å². The number of benzene rings is 1. The Morgan fingerprint density at radius 3 is 2.40 bits per heavy atom. The molecule has 0 atom stereocenters. The maximum absolute atomic E-state index is 13.3. The lowest BCUT2D eigenvalue weighted by Gasteiger charge is -2.26. The van der Waals surface area contributed by atoms with Crippen molar-refractivity contribution >= 4 is 11.6 Å². The lowest BCUT2D eigenvalue weighted by atomic mass is 10.1. The zero-order valence-corrected chi connectivity index (χ0v) is 11.3. The van der Waals surface area contributed by atoms with Crippen molar-refractivity contribution < 1.29 is 13.6 Å². The van der Waals surface area contributed by atoms with Gasteiger partial charge in [-0.25, -0.2) is 8.78 Å². The molecule has 4 nitrogen and oxygen atoms in total. The number of rotatable bonds is 4. The lowest BCUT2D eigenvalue weighted by Crippen LogP contribution is -2.37. The maximum Gasteiger partial charge on any atom is 0.251 e. The number of halogens is 2. The number of nitrogens with zero attached hydrogens (tertiary/aromatic N) is 1. The zero-order chi connectivity index (χ0) is 14.5. The molecule has 0 saturated carbocycles. The first kappa shape index (κ1) is 14.7. The van der Waals surface area contributed by atoms with E-state index in [0.717, 1.165) is 31.8 Å². The number of anilines is 1. The Labute approximate surface area is 116 Å². The van der Waals surface area contributed by atoms with Gasteiger partial charge >= 0.3 is 0 Å². The van der Waals surface area contributed by atoms with Crippen molar-refractivity contribution in [1.29, 1.82) is 0 Å². The number of carbonyl (C=O) groups excluding carboxylic acids is 1. The second-order valence-electron chi connectivity index (χ2n) is 5.01. The SMILES string of the molecule is Nc1c(F)cc(C(=O)NCCN2CCCCC2)cc1F. The number of nitrogens with one attached hydrogen (secondary N) is 1. The van der Waals surface area contributed by atoms with E-state index in [4.69, 9.17) is 5.73 Å². The van der Waals surface area contributed by atoms with Crippen LogP contribution in [0.5, 0.6) is 0 Å². The third kappa shape index (κ3) is 3.66. The molecule has 0 radical (unpaired) electrons. The van der Waals surface area contributed by atoms with Crippen molar-refractivity contribution in [2.45, 2.75) is 19.3 Å². The van der Waals surface area contributed by atoms with Crippen LogP contribution in [0.2, 0.25) is 0 Å². The Morgan fingerprint density at radius 2 is 1.80 bits per heavy atom. The van der Waals surface area contributed by atoms with Crippen LogP contribution in [0.3, 0.4) is 0 Å². The van der Waals surface area contributed by atoms with Gasteiger partial charge in [0.25, 0.3) is 5.91 Å². The van der Waals surface area contributed by atoms with E-state index < -0.39 is 23.2 Å². The number of hydrogen-bond donors (Lipinski definition) is 2. The summed E-state index contributed by atoms with van der Waals surface area (Å²) in [5.74, 6) is -2.31. The molecule has 1 saturated heterocycles. The Kier molecular flexibility index (Phi) is 4.89. The molecule has 1 aromatic rings. The summed E-state index contributed by atoms with van der Waals surface area (Å²) in [5, 5.41) is 2.67. The van der Waals surface area contributed by atoms with Crippen LogP contribution < -0.4 is 11.1 Å². The normalized spacial score (nSPS) is 16.1. The van der Waals surface area contributed by atoms with Crippen molar-refractivity contribution in [1.82, 2.24) is 10.2 Å². The van der Waals surface area contributed by atoms with Crippen LogP contribution in [0.15, 0.2) is 12.1 Å². The summed E-state index contributed by atoms with van der Waals surface area (Å²) in [7, 11) is 0. The molecule has 110 valence electrons. The minimum Gasteiger partial charge on any atom is -0.394 e. The molecular formula is C14H19F2N3O. The van der Waals surface area contributed by atoms with E-state index in [-0.39, 0.29) is 5.56 Å². The molecular weight excluding hydrogens is 264 g/mol. The molecule has 0 aromatic heterocycles. The molecule has 0 unspecified atom stereocenters. The lowest BCUT2D eigenvalue weighted by molar-refractivity contribution is 0.0945. The van der Waals surface area contributed by atoms with Crippen LogP contribution in [0.1, 0.15) is 29.6 Å². The van der Waals surface area contributed by atoms with E-state index in [1.54, 1.807) is 0 Å². The van der Waals surface area contributed by atoms with Crippen molar-refractivity contribution in [3.05, 3.63) is 29.3 Å². The number of piperidine rings is 1. The monoisotopic (exact) mass is 283 g/mol. The van der Waals surface area contributed by atoms with Gasteiger partial charge in [0.15, 0.2) is 0 Å². The molecule has 6 heteroatoms. The first-order chi connectivity index (χ1) is 9.58. The number of amides is 1. The van der Waals surface area contributed by atoms with E-state index >= 15 is 0 Å². The average Bonchev–Trinajstić information content (AvgIpc) is 2.45. The maximum atomic E-state index is 13.3. The van der Waals surface area contributed by atoms with Gasteiger partial charge < -0.3 is 16.0 Å². The number of nitrogen functional groups attached to an aromatic ring is 1. The summed E-state index contributed by atoms with van der Waals surface area (Å²) < 4.78 is 26.5. The summed E-state index contributed by atoms with van der Waals surface area (Å²) in [6, 6.07) is 1.91. The molecule has 20 heavy (non-hydrogen) atoms. The van der Waals surface area contributed by atoms with Crippen molar-refractivity contribution in [3.8, 4) is 0 Å². The summed E-state index contributed by atoms with van der Waals surface area (Å²) >= 11 is 0. The van der Waals surface area contributed by atoms with E-state index in [1.807, 2.05) is 0 Å². The van der Waals surface area contributed by atoms with Crippen molar-refractivity contribution in [3.63, 3.8) is 0 Å². The Hall–Kier alpha value is -1.69. The van der Waals surface area contributed by atoms with Crippen LogP contribution in [0.4, 0.5) is 14.5 Å². The number of carbonyl (C=O) groups is 1. The van der Waals surface area contributed by atoms with Crippen LogP contribution in [0.25, 0.3) is 0 Å². The standard InChI is InChI=1S/C14H19F2N3O/c15-11-8-10(9-12(16)13(11)17)14(20)18-4-7-19-5-2-1-3-6-19/h8-9H,1-7,17H2,(H,18,20). The number of nitrogens with two attached hydrogens (primary N) is 1. The fraction of sp³-hybridized carbons (Fsp3) is 0.500. The molecule has 0 spiro atoms. The molecule has 1 fully saturated rings. The van der Waals surface area contributed by atoms with Crippen LogP contribution in [-0.2, 0) is 0 Å². The van der Waals surface area contributed by atoms with Gasteiger partial charge in [0, 0.05) is 18.7 Å². The summed E-state index contributed by atoms with van der Waals surface area (Å²) in [6.07, 6.45) is 3.62. The quantitative estimate of drug-likeness (QED) is 0.828. The smallest absolute Gasteiger partial charge is 0.251 e. The Morgan fingerprint density at radius 1 is 1.20 bits per heavy atom. The van der Waals surface area contributed by atoms with Crippen LogP contribution >= 0.6 is 0 Å². The number of hydrogen-bond acceptors (Lipinski definition) is 3. The first-order valence-electron chi connectivity index (χ1n) is 6.83. The minimum atomic E-state index is -0.911. The first-order valence-corrected chi connectivity index (χ1v) is 6.83. The molecule has 2 rings (SSSR count). The van der Waals surface area contributed by atoms with Gasteiger partial charge in [-0.2, -0.15) is 0 Å². The molecule has 1 aliphatic rings. The van der Waals surface area contributed by atoms with E-state index in [0.29, 0.717) is 6.54 Å². The molecule has 1 amide bonds. The van der Waals surface area contributed by atoms with Gasteiger partial charge in [0.2, 0.25) is 0 Å². The predicted octanol–water partition coefficient (Wildman–Crippen LogP) is 1.76. The molecule has 1 aliphatic heterocycles. The summed E-state index contributed by atoms with van der Waals surface area (Å²) in [5.41, 5.74) is 4.55. The third-order valence-corrected chi connectivity index (χ3v) is 3.50. The van der Waals surface area contributed by atoms with E-state index in [9.17, 15) is 13.6 Å². The van der Waals surface area contributed by atoms with Gasteiger partial charge in [-0.05, 0) is 38.1 Å². The van der Waals surface area contributed by atoms with E-state index in [1.165, 1.54) is 19.3 Å². The van der Waals surface area contributed by atoms with Crippen molar-refractivity contribution in [2.75, 3.05) is 31.9 Å². The highest BCUT2D eigenvalue weighted by molar-refractivity contribution is 5.94. The van der Waals surface area contributed by atoms with Crippen LogP contribution in [0, 0.1) is 11.6 Å². The molecule has 1 heterocycles. The molecule has 0 aliphatic carbocycles. The average molecular weight is 283 g/mol. The van der Waals surface area contributed by atoms with Gasteiger partial charge in [0.05, 0.1) is 0 Å². The molecule has 3 N–H and O–H groups in total. The van der Waals surface area contributed by atoms with Crippen LogP contribution in [-0.4, -0.2) is 37.0 Å². The largest absolute Gasteiger partial charge is 0.394 e. The molecule has 0 bridgehead atoms.